The van der Waals surface area contributed by atoms with Gasteiger partial charge in [-0.05, 0) is 31.5 Å². The van der Waals surface area contributed by atoms with Gasteiger partial charge in [0.25, 0.3) is 0 Å². The maximum absolute atomic E-state index is 11.9. The molecule has 21 heavy (non-hydrogen) atoms. The topological polar surface area (TPSA) is 71.2 Å². The molecule has 0 unspecified atom stereocenters. The van der Waals surface area contributed by atoms with Crippen molar-refractivity contribution in [1.29, 1.82) is 0 Å². The second-order valence-electron chi connectivity index (χ2n) is 4.84. The normalized spacial score (nSPS) is 11.2. The molecule has 0 saturated heterocycles. The molecule has 0 aliphatic rings. The predicted octanol–water partition coefficient (Wildman–Crippen LogP) is 2.50. The van der Waals surface area contributed by atoms with Crippen LogP contribution < -0.4 is 11.1 Å². The van der Waals surface area contributed by atoms with Gasteiger partial charge in [-0.25, -0.2) is 4.98 Å². The van der Waals surface area contributed by atoms with E-state index in [2.05, 4.69) is 21.5 Å². The first kappa shape index (κ1) is 16.1. The number of anilines is 2. The van der Waals surface area contributed by atoms with Crippen molar-refractivity contribution in [3.8, 4) is 0 Å². The van der Waals surface area contributed by atoms with Gasteiger partial charge < -0.3 is 16.0 Å². The van der Waals surface area contributed by atoms with Crippen LogP contribution in [0.1, 0.15) is 6.42 Å². The summed E-state index contributed by atoms with van der Waals surface area (Å²) in [5.41, 5.74) is 7.31. The van der Waals surface area contributed by atoms with Crippen LogP contribution in [0.3, 0.4) is 0 Å². The molecule has 2 aromatic rings. The summed E-state index contributed by atoms with van der Waals surface area (Å²) in [5.74, 6) is 1.08. The molecule has 7 heteroatoms. The lowest BCUT2D eigenvalue weighted by molar-refractivity contribution is -0.116. The van der Waals surface area contributed by atoms with Crippen molar-refractivity contribution in [2.75, 3.05) is 43.2 Å². The molecule has 0 fully saturated rings. The van der Waals surface area contributed by atoms with Crippen molar-refractivity contribution in [3.05, 3.63) is 18.2 Å². The van der Waals surface area contributed by atoms with E-state index < -0.39 is 0 Å². The zero-order valence-electron chi connectivity index (χ0n) is 12.3. The van der Waals surface area contributed by atoms with Gasteiger partial charge in [0.1, 0.15) is 0 Å². The Morgan fingerprint density at radius 3 is 3.05 bits per heavy atom. The van der Waals surface area contributed by atoms with Crippen molar-refractivity contribution in [1.82, 2.24) is 9.88 Å². The Hall–Kier alpha value is -1.31. The van der Waals surface area contributed by atoms with E-state index in [1.54, 1.807) is 0 Å². The molecule has 0 aliphatic heterocycles. The number of fused-ring (bicyclic) bond motifs is 1. The number of thiazole rings is 1. The number of rotatable bonds is 7. The number of nitrogen functional groups attached to an aromatic ring is 1. The average Bonchev–Trinajstić information content (AvgIpc) is 2.84. The zero-order valence-corrected chi connectivity index (χ0v) is 13.9. The number of aromatic nitrogens is 1. The SMILES string of the molecule is CSCCN(C)CCC(=O)Nc1nc2ccc(N)cc2s1. The first-order chi connectivity index (χ1) is 10.1. The second-order valence-corrected chi connectivity index (χ2v) is 6.86. The maximum atomic E-state index is 11.9. The Bertz CT molecular complexity index is 614. The fourth-order valence-corrected chi connectivity index (χ4v) is 3.25. The summed E-state index contributed by atoms with van der Waals surface area (Å²) < 4.78 is 0.988. The number of amides is 1. The Morgan fingerprint density at radius 1 is 1.48 bits per heavy atom. The molecule has 2 rings (SSSR count). The van der Waals surface area contributed by atoms with E-state index in [4.69, 9.17) is 5.73 Å². The summed E-state index contributed by atoms with van der Waals surface area (Å²) in [4.78, 5) is 18.5. The van der Waals surface area contributed by atoms with Crippen LogP contribution in [0.4, 0.5) is 10.8 Å². The minimum atomic E-state index is -0.00182. The summed E-state index contributed by atoms with van der Waals surface area (Å²) in [6.45, 7) is 1.75. The van der Waals surface area contributed by atoms with Gasteiger partial charge in [0.2, 0.25) is 5.91 Å². The molecular formula is C14H20N4OS2. The maximum Gasteiger partial charge on any atom is 0.227 e. The van der Waals surface area contributed by atoms with Gasteiger partial charge in [-0.1, -0.05) is 11.3 Å². The number of nitrogens with two attached hydrogens (primary N) is 1. The van der Waals surface area contributed by atoms with Gasteiger partial charge in [-0.15, -0.1) is 0 Å². The number of benzene rings is 1. The van der Waals surface area contributed by atoms with Crippen LogP contribution in [-0.2, 0) is 4.79 Å². The molecule has 114 valence electrons. The molecule has 0 aliphatic carbocycles. The van der Waals surface area contributed by atoms with Gasteiger partial charge in [0.15, 0.2) is 5.13 Å². The van der Waals surface area contributed by atoms with Crippen molar-refractivity contribution >= 4 is 50.0 Å². The lowest BCUT2D eigenvalue weighted by Crippen LogP contribution is -2.26. The van der Waals surface area contributed by atoms with Gasteiger partial charge in [-0.2, -0.15) is 11.8 Å². The summed E-state index contributed by atoms with van der Waals surface area (Å²) in [7, 11) is 2.03. The number of nitrogens with one attached hydrogen (secondary N) is 1. The number of carbonyl (C=O) groups is 1. The highest BCUT2D eigenvalue weighted by Gasteiger charge is 2.09. The van der Waals surface area contributed by atoms with Gasteiger partial charge in [-0.3, -0.25) is 4.79 Å². The highest BCUT2D eigenvalue weighted by atomic mass is 32.2. The van der Waals surface area contributed by atoms with E-state index in [0.717, 1.165) is 29.1 Å². The molecule has 3 N–H and O–H groups in total. The fraction of sp³-hybridized carbons (Fsp3) is 0.429. The molecule has 0 atom stereocenters. The van der Waals surface area contributed by atoms with E-state index in [1.807, 2.05) is 37.0 Å². The van der Waals surface area contributed by atoms with Crippen molar-refractivity contribution in [3.63, 3.8) is 0 Å². The third kappa shape index (κ3) is 4.87. The molecule has 0 radical (unpaired) electrons. The number of hydrogen-bond donors (Lipinski definition) is 2. The van der Waals surface area contributed by atoms with Crippen LogP contribution in [0.5, 0.6) is 0 Å². The van der Waals surface area contributed by atoms with Gasteiger partial charge in [0, 0.05) is 31.0 Å². The summed E-state index contributed by atoms with van der Waals surface area (Å²) in [6.07, 6.45) is 2.56. The second kappa shape index (κ2) is 7.63. The molecule has 1 amide bonds. The molecule has 1 heterocycles. The van der Waals surface area contributed by atoms with Crippen LogP contribution in [0.2, 0.25) is 0 Å². The first-order valence-corrected chi connectivity index (χ1v) is 8.93. The Balaban J connectivity index is 1.86. The molecule has 0 spiro atoms. The first-order valence-electron chi connectivity index (χ1n) is 6.72. The highest BCUT2D eigenvalue weighted by Crippen LogP contribution is 2.27. The van der Waals surface area contributed by atoms with E-state index in [9.17, 15) is 4.79 Å². The standard InChI is InChI=1S/C14H20N4OS2/c1-18(7-8-20-2)6-5-13(19)17-14-16-11-4-3-10(15)9-12(11)21-14/h3-4,9H,5-8,15H2,1-2H3,(H,16,17,19). The molecule has 1 aromatic carbocycles. The predicted molar refractivity (Wildman–Crippen MR) is 93.2 cm³/mol. The monoisotopic (exact) mass is 324 g/mol. The van der Waals surface area contributed by atoms with Gasteiger partial charge in [0.05, 0.1) is 10.2 Å². The molecule has 0 saturated carbocycles. The third-order valence-electron chi connectivity index (χ3n) is 3.06. The van der Waals surface area contributed by atoms with E-state index in [0.29, 0.717) is 17.2 Å². The minimum absolute atomic E-state index is 0.00182. The summed E-state index contributed by atoms with van der Waals surface area (Å²) in [6, 6.07) is 5.56. The van der Waals surface area contributed by atoms with Crippen LogP contribution in [0.15, 0.2) is 18.2 Å². The number of thioether (sulfide) groups is 1. The Kier molecular flexibility index (Phi) is 5.84. The largest absolute Gasteiger partial charge is 0.399 e. The van der Waals surface area contributed by atoms with E-state index >= 15 is 0 Å². The van der Waals surface area contributed by atoms with Crippen LogP contribution >= 0.6 is 23.1 Å². The van der Waals surface area contributed by atoms with E-state index in [1.165, 1.54) is 11.3 Å². The fourth-order valence-electron chi connectivity index (χ4n) is 1.83. The number of nitrogens with zero attached hydrogens (tertiary/aromatic N) is 2. The quantitative estimate of drug-likeness (QED) is 0.766. The lowest BCUT2D eigenvalue weighted by Gasteiger charge is -2.14. The Morgan fingerprint density at radius 2 is 2.29 bits per heavy atom. The molecule has 0 bridgehead atoms. The average molecular weight is 324 g/mol. The summed E-state index contributed by atoms with van der Waals surface area (Å²) >= 11 is 3.26. The van der Waals surface area contributed by atoms with E-state index in [-0.39, 0.29) is 5.91 Å². The van der Waals surface area contributed by atoms with Crippen molar-refractivity contribution < 1.29 is 4.79 Å². The summed E-state index contributed by atoms with van der Waals surface area (Å²) in [5, 5.41) is 3.49. The molecule has 5 nitrogen and oxygen atoms in total. The molecule has 1 aromatic heterocycles. The Labute approximate surface area is 132 Å². The zero-order chi connectivity index (χ0) is 15.2. The smallest absolute Gasteiger partial charge is 0.227 e. The van der Waals surface area contributed by atoms with Crippen LogP contribution in [0, 0.1) is 0 Å². The molecular weight excluding hydrogens is 304 g/mol. The number of hydrogen-bond acceptors (Lipinski definition) is 6. The van der Waals surface area contributed by atoms with Crippen LogP contribution in [0.25, 0.3) is 10.2 Å². The minimum Gasteiger partial charge on any atom is -0.399 e. The lowest BCUT2D eigenvalue weighted by atomic mass is 10.3. The van der Waals surface area contributed by atoms with Crippen LogP contribution in [-0.4, -0.2) is 47.9 Å². The van der Waals surface area contributed by atoms with Gasteiger partial charge >= 0.3 is 0 Å². The number of carbonyl (C=O) groups excluding carboxylic acids is 1. The van der Waals surface area contributed by atoms with Crippen molar-refractivity contribution in [2.24, 2.45) is 0 Å². The van der Waals surface area contributed by atoms with Crippen molar-refractivity contribution in [2.45, 2.75) is 6.42 Å². The third-order valence-corrected chi connectivity index (χ3v) is 4.58. The highest BCUT2D eigenvalue weighted by molar-refractivity contribution is 7.98.